The van der Waals surface area contributed by atoms with Gasteiger partial charge in [0.15, 0.2) is 0 Å². The fourth-order valence-corrected chi connectivity index (χ4v) is 15.3. The average molecular weight is 1240 g/mol. The topological polar surface area (TPSA) is 30.7 Å². The van der Waals surface area contributed by atoms with Gasteiger partial charge in [-0.15, -0.1) is 17.7 Å². The molecule has 0 atom stereocenters. The van der Waals surface area contributed by atoms with Crippen LogP contribution in [-0.2, 0) is 20.1 Å². The molecule has 76 heavy (non-hydrogen) atoms. The standard InChI is InChI=1S/C52H32FN2S.C17H22GeN.Ir/c1-32-25-27-42(51-48(32)41-28-26-36(29-47(41)56-51)33-15-5-2-6-16-33)52-54-49-39-23-13-11-21-37(39)38-22-12-14-24-40(38)50(49)55(52)46-31-43(34-17-7-3-8-18-34)45(53)30-44(46)35-19-9-4-10-20-35;1-13(2)15-11-17(14-9-7-6-8-10-14)19-12-16(15)18(3,4)5;/h2-26,28-31H,1H3;6-9,11-13H,1-5H3;/q2*-1;/i;13D;. The number of pyridine rings is 1. The van der Waals surface area contributed by atoms with Crippen LogP contribution in [0.1, 0.15) is 32.2 Å². The molecule has 13 aromatic rings. The summed E-state index contributed by atoms with van der Waals surface area (Å²) in [6.07, 6.45) is 2.00. The van der Waals surface area contributed by atoms with Gasteiger partial charge >= 0.3 is 120 Å². The summed E-state index contributed by atoms with van der Waals surface area (Å²) in [4.78, 5) is 10.3. The van der Waals surface area contributed by atoms with E-state index in [1.54, 1.807) is 17.4 Å². The Kier molecular flexibility index (Phi) is 13.7. The monoisotopic (exact) mass is 1240 g/mol. The van der Waals surface area contributed by atoms with Gasteiger partial charge in [0.05, 0.1) is 16.9 Å². The second-order valence-corrected chi connectivity index (χ2v) is 32.1. The van der Waals surface area contributed by atoms with Crippen molar-refractivity contribution in [1.29, 1.82) is 0 Å². The van der Waals surface area contributed by atoms with E-state index in [-0.39, 0.29) is 25.9 Å². The van der Waals surface area contributed by atoms with Gasteiger partial charge in [-0.2, -0.15) is 11.3 Å². The third-order valence-electron chi connectivity index (χ3n) is 14.3. The second kappa shape index (κ2) is 21.0. The Morgan fingerprint density at radius 2 is 1.22 bits per heavy atom. The number of thiophene rings is 1. The molecule has 7 heteroatoms. The summed E-state index contributed by atoms with van der Waals surface area (Å²) in [6, 6.07) is 77.1. The molecule has 0 aliphatic carbocycles. The number of aromatic nitrogens is 3. The van der Waals surface area contributed by atoms with Crippen LogP contribution in [-0.4, -0.2) is 27.8 Å². The predicted molar refractivity (Wildman–Crippen MR) is 320 cm³/mol. The van der Waals surface area contributed by atoms with Crippen molar-refractivity contribution in [1.82, 2.24) is 14.5 Å². The first-order chi connectivity index (χ1) is 36.8. The molecule has 0 spiro atoms. The molecule has 0 saturated carbocycles. The Bertz CT molecular complexity index is 4320. The molecule has 0 amide bonds. The summed E-state index contributed by atoms with van der Waals surface area (Å²) in [5, 5.41) is 6.86. The molecule has 0 aliphatic heterocycles. The van der Waals surface area contributed by atoms with Crippen LogP contribution in [0.25, 0.3) is 114 Å². The zero-order valence-corrected chi connectivity index (χ0v) is 48.5. The van der Waals surface area contributed by atoms with Gasteiger partial charge in [0.1, 0.15) is 5.82 Å². The van der Waals surface area contributed by atoms with Crippen molar-refractivity contribution in [2.24, 2.45) is 0 Å². The van der Waals surface area contributed by atoms with Gasteiger partial charge in [-0.05, 0) is 61.3 Å². The molecule has 0 saturated heterocycles. The van der Waals surface area contributed by atoms with Gasteiger partial charge in [0.2, 0.25) is 0 Å². The van der Waals surface area contributed by atoms with E-state index in [2.05, 4.69) is 167 Å². The van der Waals surface area contributed by atoms with E-state index in [9.17, 15) is 0 Å². The van der Waals surface area contributed by atoms with Crippen molar-refractivity contribution in [3.05, 3.63) is 242 Å². The van der Waals surface area contributed by atoms with Crippen LogP contribution >= 0.6 is 11.3 Å². The number of halogens is 1. The molecule has 0 bridgehead atoms. The van der Waals surface area contributed by atoms with E-state index in [1.165, 1.54) is 36.6 Å². The second-order valence-electron chi connectivity index (χ2n) is 20.5. The maximum absolute atomic E-state index is 16.5. The molecule has 0 aliphatic rings. The number of hydrogen-bond donors (Lipinski definition) is 0. The minimum absolute atomic E-state index is 0. The first-order valence-corrected chi connectivity index (χ1v) is 33.7. The third kappa shape index (κ3) is 9.32. The summed E-state index contributed by atoms with van der Waals surface area (Å²) in [6.45, 7) is 6.08. The number of aryl methyl sites for hydroxylation is 1. The summed E-state index contributed by atoms with van der Waals surface area (Å²) >= 11 is -0.240. The molecule has 1 radical (unpaired) electrons. The van der Waals surface area contributed by atoms with Crippen molar-refractivity contribution in [3.63, 3.8) is 0 Å². The fraction of sp³-hybridized carbons (Fsp3) is 0.101. The Balaban J connectivity index is 0.000000255. The van der Waals surface area contributed by atoms with Crippen LogP contribution in [0.4, 0.5) is 4.39 Å². The number of rotatable bonds is 8. The quantitative estimate of drug-likeness (QED) is 0.0862. The van der Waals surface area contributed by atoms with Gasteiger partial charge in [-0.1, -0.05) is 170 Å². The van der Waals surface area contributed by atoms with Crippen LogP contribution < -0.4 is 4.40 Å². The number of nitrogens with zero attached hydrogens (tertiary/aromatic N) is 3. The van der Waals surface area contributed by atoms with Crippen LogP contribution in [0, 0.1) is 24.9 Å². The predicted octanol–water partition coefficient (Wildman–Crippen LogP) is 18.8. The average Bonchev–Trinajstić information content (AvgIpc) is 4.24. The summed E-state index contributed by atoms with van der Waals surface area (Å²) < 4.78 is 30.9. The van der Waals surface area contributed by atoms with Crippen LogP contribution in [0.5, 0.6) is 0 Å². The van der Waals surface area contributed by atoms with Gasteiger partial charge in [0, 0.05) is 52.4 Å². The molecular weight excluding hydrogens is 1190 g/mol. The van der Waals surface area contributed by atoms with Crippen molar-refractivity contribution in [3.8, 4) is 61.7 Å². The molecule has 10 aromatic carbocycles. The fourth-order valence-electron chi connectivity index (χ4n) is 10.7. The van der Waals surface area contributed by atoms with E-state index < -0.39 is 19.2 Å². The number of imidazole rings is 1. The smallest absolute Gasteiger partial charge is 0 e. The molecule has 0 unspecified atom stereocenters. The Labute approximate surface area is 465 Å². The molecule has 373 valence electrons. The number of fused-ring (bicyclic) bond motifs is 9. The largest absolute Gasteiger partial charge is 0 e. The van der Waals surface area contributed by atoms with Crippen molar-refractivity contribution < 1.29 is 25.9 Å². The molecule has 0 fully saturated rings. The Morgan fingerprint density at radius 1 is 0.618 bits per heavy atom. The van der Waals surface area contributed by atoms with E-state index >= 15 is 4.39 Å². The summed E-state index contributed by atoms with van der Waals surface area (Å²) in [5.41, 5.74) is 13.3. The first-order valence-electron chi connectivity index (χ1n) is 26.0. The SMILES string of the molecule is Cc1c[c-]c(-c2nc3c4ccccc4c4ccccc4c3n2-c2cc(-c3ccccc3)c(F)cc2-c2ccccc2)c2sc3cc(-c4ccccc4)ccc3c12.[2H]C(C)(C)c1cc(-c2[c-]cccc2)nc[c]1[Ge]([CH3])([CH3])[CH3].[Ir]. The van der Waals surface area contributed by atoms with Crippen LogP contribution in [0.2, 0.25) is 17.3 Å². The van der Waals surface area contributed by atoms with Crippen molar-refractivity contribution in [2.45, 2.75) is 43.9 Å². The van der Waals surface area contributed by atoms with E-state index in [4.69, 9.17) is 6.35 Å². The van der Waals surface area contributed by atoms with Crippen molar-refractivity contribution in [2.75, 3.05) is 0 Å². The zero-order chi connectivity index (χ0) is 52.3. The van der Waals surface area contributed by atoms with E-state index in [0.717, 1.165) is 87.9 Å². The molecule has 3 heterocycles. The maximum Gasteiger partial charge on any atom is 0 e. The Morgan fingerprint density at radius 3 is 1.87 bits per heavy atom. The van der Waals surface area contributed by atoms with Crippen LogP contribution in [0.15, 0.2) is 212 Å². The molecular formula is C69H54FGeIrN3S-2. The summed E-state index contributed by atoms with van der Waals surface area (Å²) in [5.74, 6) is 6.94. The van der Waals surface area contributed by atoms with Gasteiger partial charge in [-0.25, -0.2) is 4.39 Å². The number of benzene rings is 10. The van der Waals surface area contributed by atoms with Gasteiger partial charge in [0.25, 0.3) is 0 Å². The minimum Gasteiger partial charge on any atom is 0 e. The normalized spacial score (nSPS) is 12.0. The zero-order valence-electron chi connectivity index (χ0n) is 44.2. The van der Waals surface area contributed by atoms with Crippen molar-refractivity contribution >= 4 is 81.7 Å². The minimum atomic E-state index is -2.03. The number of hydrogen-bond acceptors (Lipinski definition) is 3. The molecule has 13 rings (SSSR count). The van der Waals surface area contributed by atoms with E-state index in [1.807, 2.05) is 98.9 Å². The molecule has 3 aromatic heterocycles. The first kappa shape index (κ1) is 49.6. The van der Waals surface area contributed by atoms with Gasteiger partial charge in [-0.3, -0.25) is 4.98 Å². The summed E-state index contributed by atoms with van der Waals surface area (Å²) in [7, 11) is 0. The Hall–Kier alpha value is -7.32. The third-order valence-corrected chi connectivity index (χ3v) is 19.7. The van der Waals surface area contributed by atoms with E-state index in [0.29, 0.717) is 5.56 Å². The maximum atomic E-state index is 16.5. The molecule has 0 N–H and O–H groups in total. The van der Waals surface area contributed by atoms with Gasteiger partial charge < -0.3 is 4.57 Å². The molecule has 3 nitrogen and oxygen atoms in total. The van der Waals surface area contributed by atoms with Crippen LogP contribution in [0.3, 0.4) is 0 Å².